The van der Waals surface area contributed by atoms with Crippen molar-refractivity contribution in [3.05, 3.63) is 50.7 Å². The highest BCUT2D eigenvalue weighted by Gasteiger charge is 2.19. The van der Waals surface area contributed by atoms with Crippen LogP contribution in [0.5, 0.6) is 5.75 Å². The van der Waals surface area contributed by atoms with Crippen LogP contribution in [0, 0.1) is 0 Å². The zero-order valence-corrected chi connectivity index (χ0v) is 13.6. The molecule has 2 N–H and O–H groups in total. The van der Waals surface area contributed by atoms with Crippen molar-refractivity contribution in [2.75, 3.05) is 12.4 Å². The molecule has 2 aromatic rings. The molecule has 1 aromatic carbocycles. The van der Waals surface area contributed by atoms with Gasteiger partial charge in [0, 0.05) is 15.5 Å². The van der Waals surface area contributed by atoms with Crippen molar-refractivity contribution in [2.45, 2.75) is 31.1 Å². The molecular weight excluding hydrogens is 298 g/mol. The van der Waals surface area contributed by atoms with Gasteiger partial charge in [0.2, 0.25) is 0 Å². The molecule has 0 saturated carbocycles. The second-order valence-corrected chi connectivity index (χ2v) is 7.97. The van der Waals surface area contributed by atoms with E-state index in [-0.39, 0.29) is 6.04 Å². The van der Waals surface area contributed by atoms with E-state index in [9.17, 15) is 0 Å². The molecule has 0 amide bonds. The molecule has 4 heteroatoms. The van der Waals surface area contributed by atoms with Gasteiger partial charge in [-0.3, -0.25) is 0 Å². The van der Waals surface area contributed by atoms with Crippen LogP contribution in [0.15, 0.2) is 24.3 Å². The maximum Gasteiger partial charge on any atom is 0.122 e. The van der Waals surface area contributed by atoms with Crippen molar-refractivity contribution in [3.8, 4) is 5.75 Å². The summed E-state index contributed by atoms with van der Waals surface area (Å²) in [4.78, 5) is 2.85. The third-order valence-electron chi connectivity index (χ3n) is 4.24. The van der Waals surface area contributed by atoms with Crippen LogP contribution in [0.3, 0.4) is 0 Å². The number of hydrogen-bond donors (Lipinski definition) is 1. The number of thiophene rings is 1. The van der Waals surface area contributed by atoms with Crippen molar-refractivity contribution in [3.63, 3.8) is 0 Å². The molecule has 0 radical (unpaired) electrons. The predicted molar refractivity (Wildman–Crippen MR) is 90.5 cm³/mol. The van der Waals surface area contributed by atoms with E-state index in [0.717, 1.165) is 31.0 Å². The summed E-state index contributed by atoms with van der Waals surface area (Å²) in [6, 6.07) is 8.78. The Balaban J connectivity index is 1.64. The van der Waals surface area contributed by atoms with Crippen molar-refractivity contribution in [2.24, 2.45) is 5.73 Å². The number of thioether (sulfide) groups is 1. The van der Waals surface area contributed by atoms with Gasteiger partial charge in [-0.25, -0.2) is 0 Å². The first kappa shape index (κ1) is 13.7. The summed E-state index contributed by atoms with van der Waals surface area (Å²) < 4.78 is 5.69. The van der Waals surface area contributed by atoms with E-state index in [1.165, 1.54) is 33.7 Å². The van der Waals surface area contributed by atoms with E-state index in [0.29, 0.717) is 0 Å². The quantitative estimate of drug-likeness (QED) is 0.912. The summed E-state index contributed by atoms with van der Waals surface area (Å²) in [6.45, 7) is 0.841. The minimum atomic E-state index is -0.00201. The minimum absolute atomic E-state index is 0.00201. The molecule has 4 rings (SSSR count). The molecule has 1 aromatic heterocycles. The van der Waals surface area contributed by atoms with Crippen molar-refractivity contribution in [1.29, 1.82) is 0 Å². The topological polar surface area (TPSA) is 35.2 Å². The Morgan fingerprint density at radius 3 is 3.00 bits per heavy atom. The molecular formula is C17H19NOS2. The number of nitrogens with two attached hydrogens (primary N) is 1. The molecule has 21 heavy (non-hydrogen) atoms. The maximum atomic E-state index is 6.52. The van der Waals surface area contributed by atoms with Gasteiger partial charge < -0.3 is 10.5 Å². The first-order valence-electron chi connectivity index (χ1n) is 7.52. The zero-order chi connectivity index (χ0) is 14.2. The van der Waals surface area contributed by atoms with Gasteiger partial charge in [0.1, 0.15) is 5.75 Å². The summed E-state index contributed by atoms with van der Waals surface area (Å²) in [5.74, 6) is 3.44. The Kier molecular flexibility index (Phi) is 3.69. The van der Waals surface area contributed by atoms with Crippen LogP contribution in [-0.4, -0.2) is 12.4 Å². The average molecular weight is 317 g/mol. The van der Waals surface area contributed by atoms with Gasteiger partial charge in [0.15, 0.2) is 0 Å². The van der Waals surface area contributed by atoms with Crippen molar-refractivity contribution >= 4 is 23.1 Å². The fourth-order valence-corrected chi connectivity index (χ4v) is 5.47. The van der Waals surface area contributed by atoms with E-state index in [4.69, 9.17) is 10.5 Å². The molecule has 2 aliphatic heterocycles. The lowest BCUT2D eigenvalue weighted by Gasteiger charge is -2.19. The Bertz CT molecular complexity index is 641. The van der Waals surface area contributed by atoms with E-state index in [1.807, 2.05) is 23.1 Å². The lowest BCUT2D eigenvalue weighted by Crippen LogP contribution is -2.13. The number of ether oxygens (including phenoxy) is 1. The maximum absolute atomic E-state index is 6.52. The molecule has 110 valence electrons. The largest absolute Gasteiger partial charge is 0.493 e. The Hall–Kier alpha value is -0.970. The number of benzene rings is 1. The standard InChI is InChI=1S/C17H19NOS2/c18-17(16-9-13-10-20-7-5-15(13)21-16)12-3-4-14-11(8-12)2-1-6-19-14/h3-4,8-9,17H,1-2,5-7,10,18H2. The van der Waals surface area contributed by atoms with Gasteiger partial charge in [0.05, 0.1) is 12.6 Å². The highest BCUT2D eigenvalue weighted by molar-refractivity contribution is 7.98. The molecule has 1 atom stereocenters. The smallest absolute Gasteiger partial charge is 0.122 e. The van der Waals surface area contributed by atoms with Crippen LogP contribution >= 0.6 is 23.1 Å². The minimum Gasteiger partial charge on any atom is -0.493 e. The summed E-state index contributed by atoms with van der Waals surface area (Å²) >= 11 is 3.93. The average Bonchev–Trinajstić information content (AvgIpc) is 2.97. The monoisotopic (exact) mass is 317 g/mol. The Labute approximate surface area is 133 Å². The normalized spacial score (nSPS) is 18.5. The third-order valence-corrected chi connectivity index (χ3v) is 6.57. The number of hydrogen-bond acceptors (Lipinski definition) is 4. The highest BCUT2D eigenvalue weighted by atomic mass is 32.2. The van der Waals surface area contributed by atoms with E-state index >= 15 is 0 Å². The molecule has 0 saturated heterocycles. The van der Waals surface area contributed by atoms with Crippen molar-refractivity contribution in [1.82, 2.24) is 0 Å². The summed E-state index contributed by atoms with van der Waals surface area (Å²) in [5, 5.41) is 0. The van der Waals surface area contributed by atoms with Crippen LogP contribution < -0.4 is 10.5 Å². The van der Waals surface area contributed by atoms with Gasteiger partial charge in [-0.15, -0.1) is 11.3 Å². The van der Waals surface area contributed by atoms with E-state index in [2.05, 4.69) is 24.3 Å². The summed E-state index contributed by atoms with van der Waals surface area (Å²) in [6.07, 6.45) is 3.42. The van der Waals surface area contributed by atoms with Gasteiger partial charge in [0.25, 0.3) is 0 Å². The Morgan fingerprint density at radius 1 is 1.14 bits per heavy atom. The van der Waals surface area contributed by atoms with E-state index in [1.54, 1.807) is 4.88 Å². The number of aryl methyl sites for hydroxylation is 2. The van der Waals surface area contributed by atoms with Gasteiger partial charge >= 0.3 is 0 Å². The van der Waals surface area contributed by atoms with Crippen LogP contribution in [0.1, 0.15) is 38.9 Å². The highest BCUT2D eigenvalue weighted by Crippen LogP contribution is 2.36. The number of fused-ring (bicyclic) bond motifs is 2. The lowest BCUT2D eigenvalue weighted by molar-refractivity contribution is 0.288. The SMILES string of the molecule is NC(c1ccc2c(c1)CCCO2)c1cc2c(s1)CCSC2. The van der Waals surface area contributed by atoms with Crippen LogP contribution in [0.2, 0.25) is 0 Å². The molecule has 0 spiro atoms. The fourth-order valence-electron chi connectivity index (χ4n) is 3.06. The lowest BCUT2D eigenvalue weighted by atomic mass is 9.99. The molecule has 3 heterocycles. The summed E-state index contributed by atoms with van der Waals surface area (Å²) in [7, 11) is 0. The predicted octanol–water partition coefficient (Wildman–Crippen LogP) is 3.91. The molecule has 1 unspecified atom stereocenters. The second-order valence-electron chi connectivity index (χ2n) is 5.70. The molecule has 0 aliphatic carbocycles. The first-order valence-corrected chi connectivity index (χ1v) is 9.49. The molecule has 2 nitrogen and oxygen atoms in total. The first-order chi connectivity index (χ1) is 10.3. The van der Waals surface area contributed by atoms with Gasteiger partial charge in [-0.2, -0.15) is 11.8 Å². The van der Waals surface area contributed by atoms with Gasteiger partial charge in [-0.05, 0) is 53.8 Å². The summed E-state index contributed by atoms with van der Waals surface area (Å²) in [5.41, 5.74) is 10.6. The zero-order valence-electron chi connectivity index (χ0n) is 11.9. The van der Waals surface area contributed by atoms with Crippen LogP contribution in [0.4, 0.5) is 0 Å². The molecule has 2 aliphatic rings. The number of rotatable bonds is 2. The van der Waals surface area contributed by atoms with Crippen molar-refractivity contribution < 1.29 is 4.74 Å². The van der Waals surface area contributed by atoms with Gasteiger partial charge in [-0.1, -0.05) is 12.1 Å². The van der Waals surface area contributed by atoms with Crippen LogP contribution in [0.25, 0.3) is 0 Å². The van der Waals surface area contributed by atoms with E-state index < -0.39 is 0 Å². The molecule has 0 bridgehead atoms. The Morgan fingerprint density at radius 2 is 2.10 bits per heavy atom. The van der Waals surface area contributed by atoms with Crippen LogP contribution in [-0.2, 0) is 18.6 Å². The fraction of sp³-hybridized carbons (Fsp3) is 0.412. The third kappa shape index (κ3) is 2.60. The molecule has 0 fully saturated rings. The second kappa shape index (κ2) is 5.67.